The maximum atomic E-state index is 12.8. The molecule has 0 spiro atoms. The molecule has 8 heteroatoms. The summed E-state index contributed by atoms with van der Waals surface area (Å²) in [4.78, 5) is 35.8. The molecule has 0 bridgehead atoms. The Labute approximate surface area is 164 Å². The Hall–Kier alpha value is -1.51. The third-order valence-corrected chi connectivity index (χ3v) is 6.63. The van der Waals surface area contributed by atoms with Crippen LogP contribution in [0, 0.1) is 5.92 Å². The number of hydrogen-bond donors (Lipinski definition) is 0. The largest absolute Gasteiger partial charge is 0.378 e. The predicted octanol–water partition coefficient (Wildman–Crippen LogP) is 1.32. The average Bonchev–Trinajstić information content (AvgIpc) is 3.28. The Morgan fingerprint density at radius 3 is 2.52 bits per heavy atom. The Bertz CT molecular complexity index is 639. The van der Waals surface area contributed by atoms with Crippen LogP contribution in [0.15, 0.2) is 10.9 Å². The van der Waals surface area contributed by atoms with Crippen molar-refractivity contribution in [3.05, 3.63) is 16.6 Å². The van der Waals surface area contributed by atoms with Crippen molar-refractivity contribution in [1.82, 2.24) is 19.7 Å². The topological polar surface area (TPSA) is 66.0 Å². The van der Waals surface area contributed by atoms with Gasteiger partial charge in [-0.1, -0.05) is 0 Å². The third kappa shape index (κ3) is 4.33. The van der Waals surface area contributed by atoms with Gasteiger partial charge in [0.05, 0.1) is 24.6 Å². The Morgan fingerprint density at radius 2 is 1.81 bits per heavy atom. The summed E-state index contributed by atoms with van der Waals surface area (Å²) < 4.78 is 5.37. The number of carbonyl (C=O) groups is 2. The molecule has 7 nitrogen and oxygen atoms in total. The van der Waals surface area contributed by atoms with E-state index in [1.807, 2.05) is 15.2 Å². The van der Waals surface area contributed by atoms with E-state index in [9.17, 15) is 9.59 Å². The molecular formula is C19H28N4O3S. The molecule has 1 aromatic rings. The van der Waals surface area contributed by atoms with Crippen LogP contribution in [0.25, 0.3) is 0 Å². The van der Waals surface area contributed by atoms with Gasteiger partial charge in [0.1, 0.15) is 5.69 Å². The summed E-state index contributed by atoms with van der Waals surface area (Å²) >= 11 is 1.46. The fourth-order valence-electron chi connectivity index (χ4n) is 4.50. The highest BCUT2D eigenvalue weighted by Gasteiger charge is 2.34. The van der Waals surface area contributed by atoms with E-state index in [2.05, 4.69) is 9.88 Å². The summed E-state index contributed by atoms with van der Waals surface area (Å²) in [5.41, 5.74) is 2.27. The zero-order chi connectivity index (χ0) is 18.6. The summed E-state index contributed by atoms with van der Waals surface area (Å²) in [5, 5.41) is 1.82. The molecule has 0 saturated carbocycles. The number of rotatable bonds is 3. The van der Waals surface area contributed by atoms with Crippen molar-refractivity contribution in [2.24, 2.45) is 5.92 Å². The number of aromatic nitrogens is 1. The van der Waals surface area contributed by atoms with Gasteiger partial charge >= 0.3 is 0 Å². The molecule has 4 heterocycles. The minimum absolute atomic E-state index is 0.0497. The Kier molecular flexibility index (Phi) is 6.04. The van der Waals surface area contributed by atoms with E-state index in [0.29, 0.717) is 30.9 Å². The highest BCUT2D eigenvalue weighted by molar-refractivity contribution is 7.07. The van der Waals surface area contributed by atoms with Crippen LogP contribution in [0.3, 0.4) is 0 Å². The van der Waals surface area contributed by atoms with Gasteiger partial charge in [-0.3, -0.25) is 14.5 Å². The first-order valence-electron chi connectivity index (χ1n) is 10.0. The summed E-state index contributed by atoms with van der Waals surface area (Å²) in [6.07, 6.45) is 4.04. The average molecular weight is 393 g/mol. The maximum absolute atomic E-state index is 12.8. The van der Waals surface area contributed by atoms with Crippen LogP contribution in [0.2, 0.25) is 0 Å². The number of hydrogen-bond acceptors (Lipinski definition) is 6. The van der Waals surface area contributed by atoms with Crippen molar-refractivity contribution in [1.29, 1.82) is 0 Å². The summed E-state index contributed by atoms with van der Waals surface area (Å²) in [6.45, 7) is 6.26. The number of likely N-dealkylation sites (tertiary alicyclic amines) is 2. The van der Waals surface area contributed by atoms with Crippen molar-refractivity contribution in [3.63, 3.8) is 0 Å². The number of morpholine rings is 1. The molecular weight excluding hydrogens is 364 g/mol. The first-order chi connectivity index (χ1) is 13.2. The van der Waals surface area contributed by atoms with Crippen molar-refractivity contribution in [2.45, 2.75) is 31.7 Å². The highest BCUT2D eigenvalue weighted by atomic mass is 32.1. The third-order valence-electron chi connectivity index (χ3n) is 6.04. The second kappa shape index (κ2) is 8.67. The fourth-order valence-corrected chi connectivity index (χ4v) is 5.02. The number of piperidine rings is 2. The molecule has 3 saturated heterocycles. The number of thiazole rings is 1. The molecule has 0 unspecified atom stereocenters. The van der Waals surface area contributed by atoms with Gasteiger partial charge in [0.2, 0.25) is 5.91 Å². The normalized spacial score (nSPS) is 25.6. The summed E-state index contributed by atoms with van der Waals surface area (Å²) in [7, 11) is 0. The molecule has 2 amide bonds. The van der Waals surface area contributed by atoms with Gasteiger partial charge in [-0.15, -0.1) is 11.3 Å². The van der Waals surface area contributed by atoms with Crippen LogP contribution < -0.4 is 0 Å². The monoisotopic (exact) mass is 392 g/mol. The lowest BCUT2D eigenvalue weighted by Crippen LogP contribution is -2.53. The van der Waals surface area contributed by atoms with Crippen molar-refractivity contribution in [2.75, 3.05) is 52.5 Å². The molecule has 27 heavy (non-hydrogen) atoms. The van der Waals surface area contributed by atoms with E-state index in [0.717, 1.165) is 65.0 Å². The number of carbonyl (C=O) groups excluding carboxylic acids is 2. The molecule has 0 N–H and O–H groups in total. The lowest BCUT2D eigenvalue weighted by molar-refractivity contribution is -0.141. The van der Waals surface area contributed by atoms with E-state index < -0.39 is 0 Å². The van der Waals surface area contributed by atoms with Crippen LogP contribution in [0.5, 0.6) is 0 Å². The molecule has 0 radical (unpaired) electrons. The highest BCUT2D eigenvalue weighted by Crippen LogP contribution is 2.26. The van der Waals surface area contributed by atoms with Crippen LogP contribution in [0.1, 0.15) is 36.2 Å². The van der Waals surface area contributed by atoms with Gasteiger partial charge in [-0.25, -0.2) is 4.98 Å². The van der Waals surface area contributed by atoms with E-state index in [-0.39, 0.29) is 11.8 Å². The minimum atomic E-state index is 0.0497. The standard InChI is InChI=1S/C19H28N4O3S/c24-18(22-8-10-26-11-9-22)15-2-1-5-23(12-15)16-3-6-21(7-4-16)19(25)17-13-27-14-20-17/h13-16H,1-12H2/t15-/m1/s1. The molecule has 148 valence electrons. The van der Waals surface area contributed by atoms with Crippen molar-refractivity contribution < 1.29 is 14.3 Å². The SMILES string of the molecule is O=C(c1cscn1)N1CCC(N2CCC[C@@H](C(=O)N3CCOCC3)C2)CC1. The Morgan fingerprint density at radius 1 is 1.04 bits per heavy atom. The number of nitrogens with zero attached hydrogens (tertiary/aromatic N) is 4. The van der Waals surface area contributed by atoms with Crippen LogP contribution in [0.4, 0.5) is 0 Å². The second-order valence-corrected chi connectivity index (χ2v) is 8.39. The maximum Gasteiger partial charge on any atom is 0.273 e. The number of ether oxygens (including phenoxy) is 1. The lowest BCUT2D eigenvalue weighted by atomic mass is 9.92. The molecule has 0 aromatic carbocycles. The van der Waals surface area contributed by atoms with Crippen LogP contribution >= 0.6 is 11.3 Å². The zero-order valence-corrected chi connectivity index (χ0v) is 16.5. The minimum Gasteiger partial charge on any atom is -0.378 e. The zero-order valence-electron chi connectivity index (χ0n) is 15.7. The lowest BCUT2D eigenvalue weighted by Gasteiger charge is -2.43. The number of amides is 2. The molecule has 3 fully saturated rings. The van der Waals surface area contributed by atoms with Gasteiger partial charge in [-0.05, 0) is 32.2 Å². The Balaban J connectivity index is 1.29. The van der Waals surface area contributed by atoms with E-state index >= 15 is 0 Å². The molecule has 1 atom stereocenters. The fraction of sp³-hybridized carbons (Fsp3) is 0.737. The van der Waals surface area contributed by atoms with Crippen molar-refractivity contribution >= 4 is 23.2 Å². The van der Waals surface area contributed by atoms with Gasteiger partial charge < -0.3 is 14.5 Å². The van der Waals surface area contributed by atoms with Crippen LogP contribution in [-0.4, -0.2) is 90.0 Å². The first-order valence-corrected chi connectivity index (χ1v) is 10.9. The second-order valence-electron chi connectivity index (χ2n) is 7.67. The van der Waals surface area contributed by atoms with Gasteiger partial charge in [0.25, 0.3) is 5.91 Å². The molecule has 3 aliphatic heterocycles. The summed E-state index contributed by atoms with van der Waals surface area (Å²) in [5.74, 6) is 0.472. The predicted molar refractivity (Wildman–Crippen MR) is 103 cm³/mol. The summed E-state index contributed by atoms with van der Waals surface area (Å²) in [6, 6.07) is 0.477. The molecule has 1 aromatic heterocycles. The van der Waals surface area contributed by atoms with E-state index in [4.69, 9.17) is 4.74 Å². The van der Waals surface area contributed by atoms with Crippen molar-refractivity contribution in [3.8, 4) is 0 Å². The van der Waals surface area contributed by atoms with Crippen LogP contribution in [-0.2, 0) is 9.53 Å². The quantitative estimate of drug-likeness (QED) is 0.776. The van der Waals surface area contributed by atoms with E-state index in [1.165, 1.54) is 11.3 Å². The molecule has 3 aliphatic rings. The molecule has 4 rings (SSSR count). The van der Waals surface area contributed by atoms with Gasteiger partial charge in [0.15, 0.2) is 0 Å². The van der Waals surface area contributed by atoms with Gasteiger partial charge in [0, 0.05) is 44.1 Å². The first kappa shape index (κ1) is 18.8. The van der Waals surface area contributed by atoms with E-state index in [1.54, 1.807) is 5.51 Å². The smallest absolute Gasteiger partial charge is 0.273 e. The van der Waals surface area contributed by atoms with Gasteiger partial charge in [-0.2, -0.15) is 0 Å². The molecule has 0 aliphatic carbocycles.